The summed E-state index contributed by atoms with van der Waals surface area (Å²) >= 11 is 2.09. The molecule has 0 aliphatic carbocycles. The highest BCUT2D eigenvalue weighted by molar-refractivity contribution is 14.1. The van der Waals surface area contributed by atoms with Gasteiger partial charge in [-0.25, -0.2) is 0 Å². The Kier molecular flexibility index (Phi) is 4.69. The number of fused-ring (bicyclic) bond motifs is 2. The Morgan fingerprint density at radius 2 is 1.85 bits per heavy atom. The van der Waals surface area contributed by atoms with Crippen molar-refractivity contribution in [1.82, 2.24) is 0 Å². The third-order valence-electron chi connectivity index (χ3n) is 4.35. The van der Waals surface area contributed by atoms with E-state index < -0.39 is 0 Å². The molecule has 0 spiro atoms. The lowest BCUT2D eigenvalue weighted by molar-refractivity contribution is 0.102. The van der Waals surface area contributed by atoms with Crippen molar-refractivity contribution in [2.75, 3.05) is 26.3 Å². The van der Waals surface area contributed by atoms with Crippen LogP contribution in [0.25, 0.3) is 10.8 Å². The molecule has 0 unspecified atom stereocenters. The standard InChI is InChI=1S/C20H16INO5/c1-24-15-7-6-12(18(21)19(15)25-2)20(23)22-14-5-3-4-11-8-16-17(9-13(11)14)27-10-26-16/h3-9H,10H2,1-2H3,(H,22,23). The van der Waals surface area contributed by atoms with Crippen molar-refractivity contribution >= 4 is 45.0 Å². The third-order valence-corrected chi connectivity index (χ3v) is 5.42. The number of nitrogens with one attached hydrogen (secondary N) is 1. The van der Waals surface area contributed by atoms with Crippen LogP contribution in [0.4, 0.5) is 5.69 Å². The minimum atomic E-state index is -0.231. The Labute approximate surface area is 169 Å². The van der Waals surface area contributed by atoms with Crippen LogP contribution in [0.3, 0.4) is 0 Å². The molecule has 138 valence electrons. The fourth-order valence-corrected chi connectivity index (χ4v) is 3.94. The van der Waals surface area contributed by atoms with Crippen LogP contribution >= 0.6 is 22.6 Å². The highest BCUT2D eigenvalue weighted by atomic mass is 127. The summed E-state index contributed by atoms with van der Waals surface area (Å²) < 4.78 is 22.2. The number of carbonyl (C=O) groups is 1. The maximum absolute atomic E-state index is 12.9. The van der Waals surface area contributed by atoms with Crippen LogP contribution in [0.5, 0.6) is 23.0 Å². The summed E-state index contributed by atoms with van der Waals surface area (Å²) in [5, 5.41) is 4.82. The molecule has 7 heteroatoms. The minimum absolute atomic E-state index is 0.206. The Balaban J connectivity index is 1.72. The lowest BCUT2D eigenvalue weighted by Gasteiger charge is -2.14. The van der Waals surface area contributed by atoms with E-state index in [-0.39, 0.29) is 12.7 Å². The smallest absolute Gasteiger partial charge is 0.256 e. The molecule has 0 aromatic heterocycles. The molecular formula is C20H16INO5. The summed E-state index contributed by atoms with van der Waals surface area (Å²) in [6.07, 6.45) is 0. The van der Waals surface area contributed by atoms with Crippen LogP contribution in [-0.4, -0.2) is 26.9 Å². The second-order valence-corrected chi connectivity index (χ2v) is 6.93. The van der Waals surface area contributed by atoms with E-state index in [1.807, 2.05) is 30.3 Å². The number of halogens is 1. The summed E-state index contributed by atoms with van der Waals surface area (Å²) in [4.78, 5) is 12.9. The third kappa shape index (κ3) is 3.12. The van der Waals surface area contributed by atoms with E-state index in [0.29, 0.717) is 37.8 Å². The van der Waals surface area contributed by atoms with Crippen LogP contribution in [0, 0.1) is 3.57 Å². The Morgan fingerprint density at radius 3 is 2.59 bits per heavy atom. The lowest BCUT2D eigenvalue weighted by Crippen LogP contribution is -2.14. The van der Waals surface area contributed by atoms with E-state index >= 15 is 0 Å². The van der Waals surface area contributed by atoms with Crippen molar-refractivity contribution < 1.29 is 23.7 Å². The SMILES string of the molecule is COc1ccc(C(=O)Nc2cccc3cc4c(cc23)OCO4)c(I)c1OC. The quantitative estimate of drug-likeness (QED) is 0.563. The van der Waals surface area contributed by atoms with Gasteiger partial charge in [-0.1, -0.05) is 12.1 Å². The number of hydrogen-bond donors (Lipinski definition) is 1. The van der Waals surface area contributed by atoms with E-state index in [0.717, 1.165) is 10.8 Å². The molecule has 27 heavy (non-hydrogen) atoms. The number of ether oxygens (including phenoxy) is 4. The molecule has 1 N–H and O–H groups in total. The van der Waals surface area contributed by atoms with Gasteiger partial charge in [-0.15, -0.1) is 0 Å². The molecule has 1 amide bonds. The molecule has 0 radical (unpaired) electrons. The Bertz CT molecular complexity index is 1050. The maximum atomic E-state index is 12.9. The van der Waals surface area contributed by atoms with Gasteiger partial charge in [-0.3, -0.25) is 4.79 Å². The first-order chi connectivity index (χ1) is 13.1. The van der Waals surface area contributed by atoms with Crippen LogP contribution in [-0.2, 0) is 0 Å². The van der Waals surface area contributed by atoms with Gasteiger partial charge < -0.3 is 24.3 Å². The normalized spacial score (nSPS) is 12.1. The molecular weight excluding hydrogens is 461 g/mol. The average Bonchev–Trinajstić information content (AvgIpc) is 3.13. The van der Waals surface area contributed by atoms with Crippen LogP contribution in [0.15, 0.2) is 42.5 Å². The minimum Gasteiger partial charge on any atom is -0.493 e. The maximum Gasteiger partial charge on any atom is 0.256 e. The highest BCUT2D eigenvalue weighted by Crippen LogP contribution is 2.39. The molecule has 3 aromatic rings. The van der Waals surface area contributed by atoms with Crippen molar-refractivity contribution in [3.8, 4) is 23.0 Å². The van der Waals surface area contributed by atoms with Gasteiger partial charge in [0, 0.05) is 11.1 Å². The Morgan fingerprint density at radius 1 is 1.07 bits per heavy atom. The second-order valence-electron chi connectivity index (χ2n) is 5.85. The fourth-order valence-electron chi connectivity index (χ4n) is 3.03. The van der Waals surface area contributed by atoms with Gasteiger partial charge in [-0.05, 0) is 58.3 Å². The molecule has 0 saturated heterocycles. The first-order valence-electron chi connectivity index (χ1n) is 8.16. The van der Waals surface area contributed by atoms with Gasteiger partial charge in [0.15, 0.2) is 23.0 Å². The number of benzene rings is 3. The number of hydrogen-bond acceptors (Lipinski definition) is 5. The molecule has 4 rings (SSSR count). The summed E-state index contributed by atoms with van der Waals surface area (Å²) in [6.45, 7) is 0.206. The van der Waals surface area contributed by atoms with Crippen molar-refractivity contribution in [2.45, 2.75) is 0 Å². The zero-order valence-electron chi connectivity index (χ0n) is 14.7. The van der Waals surface area contributed by atoms with Crippen molar-refractivity contribution in [3.05, 3.63) is 51.6 Å². The number of amides is 1. The van der Waals surface area contributed by atoms with Crippen molar-refractivity contribution in [3.63, 3.8) is 0 Å². The summed E-state index contributed by atoms with van der Waals surface area (Å²) in [5.41, 5.74) is 1.20. The van der Waals surface area contributed by atoms with Gasteiger partial charge in [0.05, 0.1) is 23.4 Å². The first kappa shape index (κ1) is 17.7. The van der Waals surface area contributed by atoms with Gasteiger partial charge in [0.1, 0.15) is 0 Å². The van der Waals surface area contributed by atoms with E-state index in [2.05, 4.69) is 27.9 Å². The molecule has 6 nitrogen and oxygen atoms in total. The molecule has 0 fully saturated rings. The predicted molar refractivity (Wildman–Crippen MR) is 110 cm³/mol. The summed E-state index contributed by atoms with van der Waals surface area (Å²) in [7, 11) is 3.11. The zero-order chi connectivity index (χ0) is 19.0. The Hall–Kier alpha value is -2.68. The number of carbonyl (C=O) groups excluding carboxylic acids is 1. The monoisotopic (exact) mass is 477 g/mol. The molecule has 0 atom stereocenters. The van der Waals surface area contributed by atoms with Gasteiger partial charge in [0.25, 0.3) is 5.91 Å². The van der Waals surface area contributed by atoms with Gasteiger partial charge in [0.2, 0.25) is 6.79 Å². The van der Waals surface area contributed by atoms with Crippen molar-refractivity contribution in [1.29, 1.82) is 0 Å². The fraction of sp³-hybridized carbons (Fsp3) is 0.150. The topological polar surface area (TPSA) is 66.0 Å². The van der Waals surface area contributed by atoms with Crippen LogP contribution < -0.4 is 24.3 Å². The molecule has 1 aliphatic heterocycles. The molecule has 3 aromatic carbocycles. The zero-order valence-corrected chi connectivity index (χ0v) is 16.8. The van der Waals surface area contributed by atoms with E-state index in [1.165, 1.54) is 0 Å². The molecule has 0 bridgehead atoms. The molecule has 0 saturated carbocycles. The van der Waals surface area contributed by atoms with Crippen molar-refractivity contribution in [2.24, 2.45) is 0 Å². The van der Waals surface area contributed by atoms with E-state index in [9.17, 15) is 4.79 Å². The average molecular weight is 477 g/mol. The largest absolute Gasteiger partial charge is 0.493 e. The number of anilines is 1. The summed E-state index contributed by atoms with van der Waals surface area (Å²) in [5.74, 6) is 2.26. The number of rotatable bonds is 4. The van der Waals surface area contributed by atoms with Gasteiger partial charge >= 0.3 is 0 Å². The highest BCUT2D eigenvalue weighted by Gasteiger charge is 2.20. The van der Waals surface area contributed by atoms with Gasteiger partial charge in [-0.2, -0.15) is 0 Å². The molecule has 1 heterocycles. The molecule has 1 aliphatic rings. The number of methoxy groups -OCH3 is 2. The lowest BCUT2D eigenvalue weighted by atomic mass is 10.1. The summed E-state index contributed by atoms with van der Waals surface area (Å²) in [6, 6.07) is 12.9. The van der Waals surface area contributed by atoms with Crippen LogP contribution in [0.1, 0.15) is 10.4 Å². The first-order valence-corrected chi connectivity index (χ1v) is 9.24. The predicted octanol–water partition coefficient (Wildman–Crippen LogP) is 4.44. The van der Waals surface area contributed by atoms with E-state index in [4.69, 9.17) is 18.9 Å². The van der Waals surface area contributed by atoms with E-state index in [1.54, 1.807) is 26.4 Å². The van der Waals surface area contributed by atoms with Crippen LogP contribution in [0.2, 0.25) is 0 Å². The second kappa shape index (κ2) is 7.15.